The van der Waals surface area contributed by atoms with E-state index < -0.39 is 5.97 Å². The Kier molecular flexibility index (Phi) is 5.10. The summed E-state index contributed by atoms with van der Waals surface area (Å²) < 4.78 is 0. The molecular formula is C15H21NO3. The zero-order valence-corrected chi connectivity index (χ0v) is 11.9. The molecule has 1 atom stereocenters. The molecule has 0 saturated heterocycles. The summed E-state index contributed by atoms with van der Waals surface area (Å²) >= 11 is 0. The number of carboxylic acids is 1. The minimum Gasteiger partial charge on any atom is -0.481 e. The van der Waals surface area contributed by atoms with E-state index >= 15 is 0 Å². The lowest BCUT2D eigenvalue weighted by molar-refractivity contribution is -0.138. The molecule has 0 aliphatic rings. The van der Waals surface area contributed by atoms with E-state index in [9.17, 15) is 9.59 Å². The molecule has 0 spiro atoms. The van der Waals surface area contributed by atoms with Crippen LogP contribution in [0.1, 0.15) is 41.8 Å². The first-order chi connectivity index (χ1) is 8.86. The van der Waals surface area contributed by atoms with Crippen LogP contribution in [0, 0.1) is 13.8 Å². The van der Waals surface area contributed by atoms with Gasteiger partial charge < -0.3 is 10.0 Å². The van der Waals surface area contributed by atoms with Crippen LogP contribution in [-0.2, 0) is 4.79 Å². The van der Waals surface area contributed by atoms with Crippen LogP contribution in [0.5, 0.6) is 0 Å². The van der Waals surface area contributed by atoms with Gasteiger partial charge >= 0.3 is 5.97 Å². The molecule has 0 aromatic heterocycles. The number of rotatable bonds is 5. The molecule has 0 aliphatic carbocycles. The van der Waals surface area contributed by atoms with Gasteiger partial charge in [-0.3, -0.25) is 9.59 Å². The standard InChI is InChI=1S/C15H21NO3/c1-5-16(12(4)9-14(17)18)15(19)13-7-6-10(2)8-11(13)3/h6-8,12H,5,9H2,1-4H3,(H,17,18). The van der Waals surface area contributed by atoms with Crippen molar-refractivity contribution in [2.45, 2.75) is 40.2 Å². The van der Waals surface area contributed by atoms with Crippen molar-refractivity contribution in [3.05, 3.63) is 34.9 Å². The molecule has 0 bridgehead atoms. The van der Waals surface area contributed by atoms with Crippen LogP contribution in [0.4, 0.5) is 0 Å². The van der Waals surface area contributed by atoms with Crippen LogP contribution >= 0.6 is 0 Å². The van der Waals surface area contributed by atoms with Gasteiger partial charge in [-0.25, -0.2) is 0 Å². The van der Waals surface area contributed by atoms with Crippen LogP contribution in [0.2, 0.25) is 0 Å². The zero-order chi connectivity index (χ0) is 14.6. The van der Waals surface area contributed by atoms with Gasteiger partial charge in [-0.15, -0.1) is 0 Å². The topological polar surface area (TPSA) is 57.6 Å². The van der Waals surface area contributed by atoms with E-state index in [-0.39, 0.29) is 18.4 Å². The van der Waals surface area contributed by atoms with Gasteiger partial charge in [-0.05, 0) is 39.3 Å². The smallest absolute Gasteiger partial charge is 0.305 e. The largest absolute Gasteiger partial charge is 0.481 e. The molecule has 1 N–H and O–H groups in total. The minimum absolute atomic E-state index is 0.0372. The van der Waals surface area contributed by atoms with Gasteiger partial charge in [0, 0.05) is 18.2 Å². The summed E-state index contributed by atoms with van der Waals surface area (Å²) in [7, 11) is 0. The first-order valence-electron chi connectivity index (χ1n) is 6.46. The molecule has 0 fully saturated rings. The predicted molar refractivity (Wildman–Crippen MR) is 74.3 cm³/mol. The quantitative estimate of drug-likeness (QED) is 0.888. The third kappa shape index (κ3) is 3.81. The normalized spacial score (nSPS) is 12.0. The van der Waals surface area contributed by atoms with Crippen molar-refractivity contribution in [1.29, 1.82) is 0 Å². The number of aliphatic carboxylic acids is 1. The van der Waals surface area contributed by atoms with Crippen molar-refractivity contribution in [3.8, 4) is 0 Å². The molecule has 1 aromatic rings. The highest BCUT2D eigenvalue weighted by Crippen LogP contribution is 2.16. The zero-order valence-electron chi connectivity index (χ0n) is 11.9. The average molecular weight is 263 g/mol. The molecule has 0 heterocycles. The minimum atomic E-state index is -0.889. The summed E-state index contributed by atoms with van der Waals surface area (Å²) in [5.74, 6) is -0.992. The van der Waals surface area contributed by atoms with Crippen LogP contribution in [0.15, 0.2) is 18.2 Å². The summed E-state index contributed by atoms with van der Waals surface area (Å²) in [5.41, 5.74) is 2.67. The molecule has 4 heteroatoms. The summed E-state index contributed by atoms with van der Waals surface area (Å²) in [6.07, 6.45) is -0.0372. The first-order valence-corrected chi connectivity index (χ1v) is 6.46. The average Bonchev–Trinajstić information content (AvgIpc) is 2.28. The van der Waals surface area contributed by atoms with Gasteiger partial charge in [-0.1, -0.05) is 17.7 Å². The lowest BCUT2D eigenvalue weighted by atomic mass is 10.0. The van der Waals surface area contributed by atoms with Gasteiger partial charge in [0.25, 0.3) is 5.91 Å². The maximum Gasteiger partial charge on any atom is 0.305 e. The molecule has 19 heavy (non-hydrogen) atoms. The van der Waals surface area contributed by atoms with Crippen molar-refractivity contribution in [2.75, 3.05) is 6.54 Å². The Balaban J connectivity index is 2.98. The highest BCUT2D eigenvalue weighted by molar-refractivity contribution is 5.96. The Hall–Kier alpha value is -1.84. The lowest BCUT2D eigenvalue weighted by Crippen LogP contribution is -2.40. The Morgan fingerprint density at radius 1 is 1.32 bits per heavy atom. The number of carbonyl (C=O) groups is 2. The van der Waals surface area contributed by atoms with E-state index in [1.807, 2.05) is 39.0 Å². The molecule has 0 saturated carbocycles. The Labute approximate surface area is 114 Å². The second-order valence-corrected chi connectivity index (χ2v) is 4.86. The van der Waals surface area contributed by atoms with Gasteiger partial charge in [0.1, 0.15) is 0 Å². The number of hydrogen-bond donors (Lipinski definition) is 1. The lowest BCUT2D eigenvalue weighted by Gasteiger charge is -2.27. The summed E-state index contributed by atoms with van der Waals surface area (Å²) in [6.45, 7) is 8.00. The van der Waals surface area contributed by atoms with Crippen molar-refractivity contribution in [3.63, 3.8) is 0 Å². The fourth-order valence-electron chi connectivity index (χ4n) is 2.23. The van der Waals surface area contributed by atoms with Gasteiger partial charge in [-0.2, -0.15) is 0 Å². The van der Waals surface area contributed by atoms with E-state index in [1.165, 1.54) is 0 Å². The summed E-state index contributed by atoms with van der Waals surface area (Å²) in [6, 6.07) is 5.36. The summed E-state index contributed by atoms with van der Waals surface area (Å²) in [4.78, 5) is 24.8. The van der Waals surface area contributed by atoms with Crippen molar-refractivity contribution in [1.82, 2.24) is 4.90 Å². The van der Waals surface area contributed by atoms with Gasteiger partial charge in [0.05, 0.1) is 6.42 Å². The van der Waals surface area contributed by atoms with E-state index in [0.717, 1.165) is 11.1 Å². The van der Waals surface area contributed by atoms with Crippen LogP contribution in [0.3, 0.4) is 0 Å². The third-order valence-electron chi connectivity index (χ3n) is 3.22. The maximum atomic E-state index is 12.5. The van der Waals surface area contributed by atoms with Crippen molar-refractivity contribution >= 4 is 11.9 Å². The monoisotopic (exact) mass is 263 g/mol. The summed E-state index contributed by atoms with van der Waals surface area (Å²) in [5, 5.41) is 8.83. The van der Waals surface area contributed by atoms with Crippen LogP contribution < -0.4 is 0 Å². The van der Waals surface area contributed by atoms with Crippen molar-refractivity contribution in [2.24, 2.45) is 0 Å². The third-order valence-corrected chi connectivity index (χ3v) is 3.22. The Bertz CT molecular complexity index is 482. The van der Waals surface area contributed by atoms with Crippen LogP contribution in [-0.4, -0.2) is 34.5 Å². The number of hydrogen-bond acceptors (Lipinski definition) is 2. The molecule has 0 radical (unpaired) electrons. The van der Waals surface area contributed by atoms with E-state index in [0.29, 0.717) is 12.1 Å². The highest BCUT2D eigenvalue weighted by Gasteiger charge is 2.22. The van der Waals surface area contributed by atoms with E-state index in [1.54, 1.807) is 11.8 Å². The molecule has 1 amide bonds. The SMILES string of the molecule is CCN(C(=O)c1ccc(C)cc1C)C(C)CC(=O)O. The maximum absolute atomic E-state index is 12.5. The van der Waals surface area contributed by atoms with E-state index in [4.69, 9.17) is 5.11 Å². The van der Waals surface area contributed by atoms with E-state index in [2.05, 4.69) is 0 Å². The highest BCUT2D eigenvalue weighted by atomic mass is 16.4. The fourth-order valence-corrected chi connectivity index (χ4v) is 2.23. The predicted octanol–water partition coefficient (Wildman–Crippen LogP) is 2.63. The number of nitrogens with zero attached hydrogens (tertiary/aromatic N) is 1. The van der Waals surface area contributed by atoms with Gasteiger partial charge in [0.15, 0.2) is 0 Å². The molecule has 1 rings (SSSR count). The Morgan fingerprint density at radius 3 is 2.42 bits per heavy atom. The van der Waals surface area contributed by atoms with Crippen molar-refractivity contribution < 1.29 is 14.7 Å². The first kappa shape index (κ1) is 15.2. The Morgan fingerprint density at radius 2 is 1.95 bits per heavy atom. The molecule has 1 aromatic carbocycles. The second-order valence-electron chi connectivity index (χ2n) is 4.86. The number of benzene rings is 1. The number of aryl methyl sites for hydroxylation is 2. The molecule has 1 unspecified atom stereocenters. The number of amides is 1. The number of carboxylic acid groups (broad SMARTS) is 1. The fraction of sp³-hybridized carbons (Fsp3) is 0.467. The van der Waals surface area contributed by atoms with Crippen LogP contribution in [0.25, 0.3) is 0 Å². The molecular weight excluding hydrogens is 242 g/mol. The molecule has 104 valence electrons. The molecule has 0 aliphatic heterocycles. The molecule has 4 nitrogen and oxygen atoms in total. The number of carbonyl (C=O) groups excluding carboxylic acids is 1. The van der Waals surface area contributed by atoms with Gasteiger partial charge in [0.2, 0.25) is 0 Å². The second kappa shape index (κ2) is 6.36.